The first kappa shape index (κ1) is 102. The van der Waals surface area contributed by atoms with Gasteiger partial charge >= 0.3 is 5.97 Å². The molecule has 714 valence electrons. The average Bonchev–Trinajstić information content (AvgIpc) is 1.64. The van der Waals surface area contributed by atoms with Gasteiger partial charge in [-0.25, -0.2) is 0 Å². The molecule has 2 fully saturated rings. The van der Waals surface area contributed by atoms with Crippen LogP contribution in [0.25, 0.3) is 10.9 Å². The van der Waals surface area contributed by atoms with E-state index in [2.05, 4.69) is 68.8 Å². The van der Waals surface area contributed by atoms with Crippen molar-refractivity contribution in [2.24, 2.45) is 52.0 Å². The molecule has 42 nitrogen and oxygen atoms in total. The molecule has 1 aliphatic carbocycles. The summed E-state index contributed by atoms with van der Waals surface area (Å²) in [5.74, 6) is -8.80. The number of anilines is 2. The second kappa shape index (κ2) is 51.3. The van der Waals surface area contributed by atoms with Crippen LogP contribution in [-0.2, 0) is 73.5 Å². The summed E-state index contributed by atoms with van der Waals surface area (Å²) in [6, 6.07) is 10.8. The third-order valence-electron chi connectivity index (χ3n) is 23.0. The Bertz CT molecular complexity index is 4810. The summed E-state index contributed by atoms with van der Waals surface area (Å²) in [5.41, 5.74) is 45.4. The number of amides is 12. The number of nitrogens with zero attached hydrogens (tertiary/aromatic N) is 1. The monoisotopic (exact) mass is 1860 g/mol. The number of imide groups is 1. The van der Waals surface area contributed by atoms with E-state index in [-0.39, 0.29) is 153 Å². The standard InChI is InChI=1S/C87H125N23O19S2/c1-124-66-38-47(39-67(125-2)75(66)126-3)72-52-40-64-65(129-46-128-64)41-53(52)74(54-44-127-85(123)73(54)72)102-50-24-22-49(23-25-50)101-70(112)27-35-110-71(113)42-68(84(110)122)131-45-55(91)77(115)97-34-26-69(111)103-58(20-13-32-98-86(93)94)78(116)106-61(21-14-33-99-87(95)96)80(118)108-62(28-36-130-4)82(120)105-60(19-9-12-31-90)81(119)109-63(37-48-43-100-56-16-6-5-15-51(48)56)83(121)107-59(18-8-11-30-89)79(117)104-57(76(92)114)17-7-10-29-88/h5-6,15-16,22-25,38-41,43,54-55,57-63,68,72-74,100,102H,7-14,17-21,26-37,42,44-46,88-91H2,1-4H3,(H2,92,114)(H,97,115)(H,101,112)(H,103,111)(H,104,117)(H,105,120)(H,106,116)(H,107,121)(H,108,118)(H,109,119)(H4,93,94,98)(H4,95,96,99)/t54-,55-,57-,58-,59-,60-,61-,62-,63-,68?,72?,73-,74?/m0/s1. The summed E-state index contributed by atoms with van der Waals surface area (Å²) < 4.78 is 34.5. The van der Waals surface area contributed by atoms with Crippen molar-refractivity contribution in [1.82, 2.24) is 63.1 Å². The van der Waals surface area contributed by atoms with Gasteiger partial charge in [0.25, 0.3) is 0 Å². The van der Waals surface area contributed by atoms with Crippen molar-refractivity contribution in [1.29, 1.82) is 10.8 Å². The first-order valence-corrected chi connectivity index (χ1v) is 46.2. The number of nitrogens with two attached hydrogens (primary N) is 7. The van der Waals surface area contributed by atoms with Crippen molar-refractivity contribution in [2.45, 2.75) is 181 Å². The van der Waals surface area contributed by atoms with E-state index >= 15 is 0 Å². The number of methoxy groups -OCH3 is 3. The van der Waals surface area contributed by atoms with Crippen LogP contribution >= 0.6 is 23.5 Å². The van der Waals surface area contributed by atoms with Crippen molar-refractivity contribution < 1.29 is 90.8 Å². The zero-order valence-corrected chi connectivity index (χ0v) is 75.7. The van der Waals surface area contributed by atoms with Gasteiger partial charge in [0.2, 0.25) is 83.4 Å². The fourth-order valence-corrected chi connectivity index (χ4v) is 17.7. The molecule has 0 radical (unpaired) electrons. The Hall–Kier alpha value is -12.4. The van der Waals surface area contributed by atoms with Gasteiger partial charge in [-0.2, -0.15) is 11.8 Å². The molecule has 2 saturated heterocycles. The van der Waals surface area contributed by atoms with E-state index in [4.69, 9.17) is 79.4 Å². The largest absolute Gasteiger partial charge is 0.493 e. The number of nitrogens with one attached hydrogen (secondary N) is 15. The predicted molar refractivity (Wildman–Crippen MR) is 492 cm³/mol. The summed E-state index contributed by atoms with van der Waals surface area (Å²) in [5, 5.41) is 48.8. The van der Waals surface area contributed by atoms with E-state index in [1.807, 2.05) is 42.5 Å². The number of carbonyl (C=O) groups excluding carboxylic acids is 13. The Labute approximate surface area is 767 Å². The van der Waals surface area contributed by atoms with Gasteiger partial charge in [-0.15, -0.1) is 11.8 Å². The van der Waals surface area contributed by atoms with Crippen molar-refractivity contribution in [3.8, 4) is 28.7 Å². The molecule has 29 N–H and O–H groups in total. The molecule has 44 heteroatoms. The van der Waals surface area contributed by atoms with E-state index < -0.39 is 149 Å². The Balaban J connectivity index is 0.784. The van der Waals surface area contributed by atoms with Crippen LogP contribution in [0, 0.1) is 22.7 Å². The van der Waals surface area contributed by atoms with Crippen LogP contribution in [-0.4, -0.2) is 251 Å². The summed E-state index contributed by atoms with van der Waals surface area (Å²) in [7, 11) is 4.54. The summed E-state index contributed by atoms with van der Waals surface area (Å²) in [6.45, 7) is 0.607. The highest BCUT2D eigenvalue weighted by molar-refractivity contribution is 8.00. The Morgan fingerprint density at radius 1 is 0.565 bits per heavy atom. The molecule has 13 atom stereocenters. The number of para-hydroxylation sites is 1. The van der Waals surface area contributed by atoms with E-state index in [1.54, 1.807) is 42.8 Å². The first-order chi connectivity index (χ1) is 63.0. The van der Waals surface area contributed by atoms with Crippen LogP contribution in [0.5, 0.6) is 28.7 Å². The maximum absolute atomic E-state index is 14.9. The van der Waals surface area contributed by atoms with Gasteiger partial charge in [-0.05, 0) is 198 Å². The third kappa shape index (κ3) is 29.3. The second-order valence-electron chi connectivity index (χ2n) is 32.2. The number of H-pyrrole nitrogens is 1. The number of likely N-dealkylation sites (tertiary alicyclic amines) is 1. The minimum Gasteiger partial charge on any atom is -0.493 e. The molecule has 9 rings (SSSR count). The van der Waals surface area contributed by atoms with Gasteiger partial charge in [0, 0.05) is 97.9 Å². The molecule has 3 unspecified atom stereocenters. The third-order valence-corrected chi connectivity index (χ3v) is 24.9. The number of carbonyl (C=O) groups is 13. The number of hydrogen-bond acceptors (Lipinski definition) is 28. The number of hydrogen-bond donors (Lipinski definition) is 22. The number of guanidine groups is 2. The molecule has 12 amide bonds. The van der Waals surface area contributed by atoms with Crippen LogP contribution in [0.4, 0.5) is 11.4 Å². The lowest BCUT2D eigenvalue weighted by Gasteiger charge is -2.40. The number of ether oxygens (including phenoxy) is 6. The second-order valence-corrected chi connectivity index (χ2v) is 34.4. The normalized spacial score (nSPS) is 17.7. The smallest absolute Gasteiger partial charge is 0.310 e. The van der Waals surface area contributed by atoms with Gasteiger partial charge in [0.1, 0.15) is 42.3 Å². The highest BCUT2D eigenvalue weighted by Gasteiger charge is 2.53. The molecule has 131 heavy (non-hydrogen) atoms. The summed E-state index contributed by atoms with van der Waals surface area (Å²) in [6.07, 6.45) is 5.52. The molecule has 5 aromatic rings. The van der Waals surface area contributed by atoms with Gasteiger partial charge in [-0.3, -0.25) is 78.0 Å². The molecule has 4 heterocycles. The predicted octanol–water partition coefficient (Wildman–Crippen LogP) is -0.179. The number of aromatic nitrogens is 1. The fourth-order valence-electron chi connectivity index (χ4n) is 16.1. The highest BCUT2D eigenvalue weighted by atomic mass is 32.2. The van der Waals surface area contributed by atoms with Crippen molar-refractivity contribution in [3.05, 3.63) is 101 Å². The topological polar surface area (TPSA) is 671 Å². The van der Waals surface area contributed by atoms with Crippen LogP contribution in [0.15, 0.2) is 79.0 Å². The highest BCUT2D eigenvalue weighted by Crippen LogP contribution is 2.56. The quantitative estimate of drug-likeness (QED) is 0.00789. The van der Waals surface area contributed by atoms with Gasteiger partial charge in [-0.1, -0.05) is 18.2 Å². The number of aromatic amines is 1. The molecule has 4 aromatic carbocycles. The molecule has 3 aliphatic heterocycles. The van der Waals surface area contributed by atoms with Crippen LogP contribution < -0.4 is 128 Å². The van der Waals surface area contributed by atoms with Crippen LogP contribution in [0.3, 0.4) is 0 Å². The molecular formula is C87H125N23O19S2. The maximum atomic E-state index is 14.9. The number of rotatable bonds is 56. The zero-order chi connectivity index (χ0) is 94.8. The molecule has 0 saturated carbocycles. The van der Waals surface area contributed by atoms with E-state index in [1.165, 1.54) is 33.1 Å². The van der Waals surface area contributed by atoms with Crippen molar-refractivity contribution >= 4 is 135 Å². The summed E-state index contributed by atoms with van der Waals surface area (Å²) in [4.78, 5) is 186. The average molecular weight is 1860 g/mol. The SMILES string of the molecule is COc1cc(C2c3cc4c(cc3C(Nc3ccc(NC(=O)CCN5C(=O)CC(SC[C@H](N)C(=O)NCCC(=O)N[C@@H](CCCNC(=N)N)C(=O)N[C@@H](CCCNC(=N)N)C(=O)N[C@@H](CCSC)C(=O)N[C@@H](CCCCN)C(=O)N[C@@H](Cc6c[nH]c7ccccc67)C(=O)N[C@@H](CCCCN)C(=O)N[C@@H](CCCCN)C(N)=O)C5=O)cc3)[C@H]3COC(=O)[C@H]23)OCO4)cc(OC)c1OC. The summed E-state index contributed by atoms with van der Waals surface area (Å²) >= 11 is 2.32. The van der Waals surface area contributed by atoms with E-state index in [9.17, 15) is 62.3 Å². The van der Waals surface area contributed by atoms with Gasteiger partial charge in [0.15, 0.2) is 34.9 Å². The fraction of sp³-hybridized carbons (Fsp3) is 0.529. The zero-order valence-electron chi connectivity index (χ0n) is 74.1. The van der Waals surface area contributed by atoms with E-state index in [0.717, 1.165) is 44.3 Å². The van der Waals surface area contributed by atoms with Gasteiger partial charge in [0.05, 0.1) is 51.2 Å². The number of esters is 1. The van der Waals surface area contributed by atoms with Crippen LogP contribution in [0.1, 0.15) is 143 Å². The number of unbranched alkanes of at least 4 members (excludes halogenated alkanes) is 3. The first-order valence-electron chi connectivity index (χ1n) is 43.8. The Morgan fingerprint density at radius 3 is 1.62 bits per heavy atom. The lowest BCUT2D eigenvalue weighted by molar-refractivity contribution is -0.142. The van der Waals surface area contributed by atoms with Crippen LogP contribution in [0.2, 0.25) is 0 Å². The number of benzene rings is 4. The van der Waals surface area contributed by atoms with Crippen molar-refractivity contribution in [3.63, 3.8) is 0 Å². The van der Waals surface area contributed by atoms with Crippen molar-refractivity contribution in [2.75, 3.05) is 109 Å². The molecule has 0 spiro atoms. The number of primary amides is 1. The molecule has 0 bridgehead atoms. The van der Waals surface area contributed by atoms with Gasteiger partial charge < -0.3 is 137 Å². The minimum atomic E-state index is -1.42. The lowest BCUT2D eigenvalue weighted by atomic mass is 9.65. The molecule has 1 aromatic heterocycles. The lowest BCUT2D eigenvalue weighted by Crippen LogP contribution is -2.60. The Kier molecular flexibility index (Phi) is 40.1. The number of cyclic esters (lactones) is 1. The molecular weight excluding hydrogens is 1740 g/mol. The molecule has 4 aliphatic rings. The minimum absolute atomic E-state index is 0.00124. The Morgan fingerprint density at radius 2 is 1.08 bits per heavy atom. The number of thioether (sulfide) groups is 2. The maximum Gasteiger partial charge on any atom is 0.310 e. The van der Waals surface area contributed by atoms with E-state index in [0.29, 0.717) is 96.5 Å². The number of fused-ring (bicyclic) bond motifs is 4.